The molecule has 0 unspecified atom stereocenters. The molecule has 0 aliphatic rings. The van der Waals surface area contributed by atoms with Crippen LogP contribution in [0, 0.1) is 6.92 Å². The summed E-state index contributed by atoms with van der Waals surface area (Å²) < 4.78 is 41.3. The highest BCUT2D eigenvalue weighted by Crippen LogP contribution is 2.29. The van der Waals surface area contributed by atoms with E-state index in [1.807, 2.05) is 0 Å². The lowest BCUT2D eigenvalue weighted by atomic mass is 10.2. The monoisotopic (exact) mass is 408 g/mol. The van der Waals surface area contributed by atoms with Crippen LogP contribution in [0.2, 0.25) is 0 Å². The molecule has 9 heteroatoms. The van der Waals surface area contributed by atoms with E-state index in [-0.39, 0.29) is 17.4 Å². The molecule has 0 radical (unpaired) electrons. The van der Waals surface area contributed by atoms with Gasteiger partial charge in [0.15, 0.2) is 18.1 Å². The van der Waals surface area contributed by atoms with Gasteiger partial charge in [0.2, 0.25) is 10.0 Å². The minimum absolute atomic E-state index is 0.164. The fourth-order valence-corrected chi connectivity index (χ4v) is 3.40. The zero-order valence-electron chi connectivity index (χ0n) is 16.5. The molecule has 1 amide bonds. The fourth-order valence-electron chi connectivity index (χ4n) is 2.41. The van der Waals surface area contributed by atoms with Crippen molar-refractivity contribution >= 4 is 21.6 Å². The van der Waals surface area contributed by atoms with Gasteiger partial charge >= 0.3 is 0 Å². The number of hydrogen-bond acceptors (Lipinski definition) is 6. The van der Waals surface area contributed by atoms with Gasteiger partial charge in [0.25, 0.3) is 5.91 Å². The predicted molar refractivity (Wildman–Crippen MR) is 106 cm³/mol. The van der Waals surface area contributed by atoms with E-state index in [2.05, 4.69) is 5.32 Å². The Labute approximate surface area is 165 Å². The number of carbonyl (C=O) groups excluding carboxylic acids is 1. The van der Waals surface area contributed by atoms with E-state index in [0.717, 1.165) is 4.31 Å². The normalized spacial score (nSPS) is 11.2. The molecule has 2 aromatic rings. The van der Waals surface area contributed by atoms with E-state index < -0.39 is 10.0 Å². The number of carbonyl (C=O) groups is 1. The highest BCUT2D eigenvalue weighted by Gasteiger charge is 2.18. The first-order valence-corrected chi connectivity index (χ1v) is 9.81. The van der Waals surface area contributed by atoms with Gasteiger partial charge in [-0.3, -0.25) is 4.79 Å². The zero-order chi connectivity index (χ0) is 20.9. The van der Waals surface area contributed by atoms with Crippen LogP contribution in [0.4, 0.5) is 5.69 Å². The number of rotatable bonds is 8. The number of amides is 1. The van der Waals surface area contributed by atoms with E-state index in [4.69, 9.17) is 14.2 Å². The van der Waals surface area contributed by atoms with Crippen molar-refractivity contribution < 1.29 is 27.4 Å². The molecule has 0 spiro atoms. The van der Waals surface area contributed by atoms with Gasteiger partial charge in [0.1, 0.15) is 5.75 Å². The SMILES string of the molecule is COc1ccc(NC(=O)COc2ccc(S(=O)(=O)N(C)C)cc2C)cc1OC. The molecule has 152 valence electrons. The number of nitrogens with zero attached hydrogens (tertiary/aromatic N) is 1. The van der Waals surface area contributed by atoms with Crippen molar-refractivity contribution in [1.82, 2.24) is 4.31 Å². The van der Waals surface area contributed by atoms with Crippen LogP contribution >= 0.6 is 0 Å². The van der Waals surface area contributed by atoms with Crippen molar-refractivity contribution in [2.45, 2.75) is 11.8 Å². The lowest BCUT2D eigenvalue weighted by molar-refractivity contribution is -0.118. The zero-order valence-corrected chi connectivity index (χ0v) is 17.3. The van der Waals surface area contributed by atoms with E-state index in [1.165, 1.54) is 46.5 Å². The van der Waals surface area contributed by atoms with Crippen molar-refractivity contribution in [3.63, 3.8) is 0 Å². The molecular weight excluding hydrogens is 384 g/mol. The maximum atomic E-state index is 12.2. The number of methoxy groups -OCH3 is 2. The summed E-state index contributed by atoms with van der Waals surface area (Å²) in [6, 6.07) is 9.51. The highest BCUT2D eigenvalue weighted by atomic mass is 32.2. The highest BCUT2D eigenvalue weighted by molar-refractivity contribution is 7.89. The van der Waals surface area contributed by atoms with Crippen LogP contribution in [0.15, 0.2) is 41.3 Å². The molecule has 2 rings (SSSR count). The Hall–Kier alpha value is -2.78. The van der Waals surface area contributed by atoms with Crippen molar-refractivity contribution in [2.24, 2.45) is 0 Å². The molecule has 0 fully saturated rings. The van der Waals surface area contributed by atoms with E-state index in [1.54, 1.807) is 25.1 Å². The lowest BCUT2D eigenvalue weighted by Crippen LogP contribution is -2.22. The number of anilines is 1. The summed E-state index contributed by atoms with van der Waals surface area (Å²) in [5.41, 5.74) is 1.15. The van der Waals surface area contributed by atoms with E-state index in [9.17, 15) is 13.2 Å². The Morgan fingerprint density at radius 1 is 1.00 bits per heavy atom. The first kappa shape index (κ1) is 21.5. The van der Waals surface area contributed by atoms with Gasteiger partial charge in [0, 0.05) is 25.8 Å². The fraction of sp³-hybridized carbons (Fsp3) is 0.316. The molecule has 0 aromatic heterocycles. The second kappa shape index (κ2) is 8.94. The average Bonchev–Trinajstić information content (AvgIpc) is 2.66. The summed E-state index contributed by atoms with van der Waals surface area (Å²) in [6.45, 7) is 1.49. The molecule has 8 nitrogen and oxygen atoms in total. The Balaban J connectivity index is 2.03. The summed E-state index contributed by atoms with van der Waals surface area (Å²) in [5, 5.41) is 2.71. The van der Waals surface area contributed by atoms with Gasteiger partial charge in [0.05, 0.1) is 19.1 Å². The summed E-state index contributed by atoms with van der Waals surface area (Å²) in [6.07, 6.45) is 0. The van der Waals surface area contributed by atoms with Gasteiger partial charge in [-0.05, 0) is 42.8 Å². The number of ether oxygens (including phenoxy) is 3. The van der Waals surface area contributed by atoms with E-state index in [0.29, 0.717) is 28.5 Å². The first-order chi connectivity index (χ1) is 13.2. The Morgan fingerprint density at radius 2 is 1.64 bits per heavy atom. The minimum atomic E-state index is -3.52. The third kappa shape index (κ3) is 4.93. The molecule has 0 saturated carbocycles. The van der Waals surface area contributed by atoms with Crippen LogP contribution in [-0.2, 0) is 14.8 Å². The van der Waals surface area contributed by atoms with Crippen LogP contribution in [0.25, 0.3) is 0 Å². The third-order valence-electron chi connectivity index (χ3n) is 3.95. The Morgan fingerprint density at radius 3 is 2.21 bits per heavy atom. The Bertz CT molecular complexity index is 957. The van der Waals surface area contributed by atoms with E-state index >= 15 is 0 Å². The number of hydrogen-bond donors (Lipinski definition) is 1. The van der Waals surface area contributed by atoms with Gasteiger partial charge in [-0.15, -0.1) is 0 Å². The van der Waals surface area contributed by atoms with Crippen LogP contribution in [0.3, 0.4) is 0 Å². The molecule has 1 N–H and O–H groups in total. The van der Waals surface area contributed by atoms with Crippen molar-refractivity contribution in [3.05, 3.63) is 42.0 Å². The second-order valence-electron chi connectivity index (χ2n) is 6.12. The van der Waals surface area contributed by atoms with Crippen molar-refractivity contribution in [1.29, 1.82) is 0 Å². The number of benzene rings is 2. The maximum Gasteiger partial charge on any atom is 0.262 e. The van der Waals surface area contributed by atoms with Gasteiger partial charge in [-0.1, -0.05) is 0 Å². The molecule has 0 aliphatic carbocycles. The second-order valence-corrected chi connectivity index (χ2v) is 8.27. The molecule has 0 atom stereocenters. The smallest absolute Gasteiger partial charge is 0.262 e. The van der Waals surface area contributed by atoms with Crippen molar-refractivity contribution in [3.8, 4) is 17.2 Å². The molecule has 0 aliphatic heterocycles. The summed E-state index contributed by atoms with van der Waals surface area (Å²) in [5.74, 6) is 1.12. The van der Waals surface area contributed by atoms with Crippen LogP contribution < -0.4 is 19.5 Å². The van der Waals surface area contributed by atoms with Gasteiger partial charge < -0.3 is 19.5 Å². The molecule has 28 heavy (non-hydrogen) atoms. The molecular formula is C19H24N2O6S. The first-order valence-electron chi connectivity index (χ1n) is 8.37. The molecule has 0 heterocycles. The summed E-state index contributed by atoms with van der Waals surface area (Å²) >= 11 is 0. The lowest BCUT2D eigenvalue weighted by Gasteiger charge is -2.14. The quantitative estimate of drug-likeness (QED) is 0.720. The number of nitrogens with one attached hydrogen (secondary N) is 1. The number of sulfonamides is 1. The van der Waals surface area contributed by atoms with Crippen LogP contribution in [0.1, 0.15) is 5.56 Å². The van der Waals surface area contributed by atoms with Gasteiger partial charge in [-0.25, -0.2) is 12.7 Å². The molecule has 2 aromatic carbocycles. The van der Waals surface area contributed by atoms with Crippen LogP contribution in [-0.4, -0.2) is 53.6 Å². The average molecular weight is 408 g/mol. The topological polar surface area (TPSA) is 94.2 Å². The molecule has 0 bridgehead atoms. The van der Waals surface area contributed by atoms with Crippen molar-refractivity contribution in [2.75, 3.05) is 40.2 Å². The minimum Gasteiger partial charge on any atom is -0.493 e. The number of aryl methyl sites for hydroxylation is 1. The maximum absolute atomic E-state index is 12.2. The third-order valence-corrected chi connectivity index (χ3v) is 5.76. The largest absolute Gasteiger partial charge is 0.493 e. The molecule has 0 saturated heterocycles. The summed E-state index contributed by atoms with van der Waals surface area (Å²) in [4.78, 5) is 12.3. The van der Waals surface area contributed by atoms with Gasteiger partial charge in [-0.2, -0.15) is 0 Å². The summed E-state index contributed by atoms with van der Waals surface area (Å²) in [7, 11) is 2.45. The Kier molecular flexibility index (Phi) is 6.87. The standard InChI is InChI=1S/C19H24N2O6S/c1-13-10-15(28(23,24)21(2)3)7-9-16(13)27-12-19(22)20-14-6-8-17(25-4)18(11-14)26-5/h6-11H,12H2,1-5H3,(H,20,22). The predicted octanol–water partition coefficient (Wildman–Crippen LogP) is 2.28. The van der Waals surface area contributed by atoms with Crippen LogP contribution in [0.5, 0.6) is 17.2 Å².